The van der Waals surface area contributed by atoms with E-state index in [0.717, 1.165) is 16.7 Å². The number of hydrogen-bond acceptors (Lipinski definition) is 3. The number of primary amides is 1. The van der Waals surface area contributed by atoms with Gasteiger partial charge in [-0.1, -0.05) is 78.4 Å². The van der Waals surface area contributed by atoms with Crippen LogP contribution in [0.25, 0.3) is 0 Å². The first-order valence-electron chi connectivity index (χ1n) is 10.3. The topological polar surface area (TPSA) is 80.5 Å². The van der Waals surface area contributed by atoms with Gasteiger partial charge in [0.15, 0.2) is 0 Å². The average molecular weight is 435 g/mol. The average Bonchev–Trinajstić information content (AvgIpc) is 3.27. The van der Waals surface area contributed by atoms with Crippen LogP contribution in [0.1, 0.15) is 23.1 Å². The molecule has 1 amide bonds. The molecular weight excluding hydrogens is 408 g/mol. The Hall–Kier alpha value is -2.96. The predicted molar refractivity (Wildman–Crippen MR) is 121 cm³/mol. The number of hydrogen-bond donors (Lipinski definition) is 1. The summed E-state index contributed by atoms with van der Waals surface area (Å²) in [6, 6.07) is 25.8. The maximum absolute atomic E-state index is 13.3. The highest BCUT2D eigenvalue weighted by atomic mass is 32.2. The van der Waals surface area contributed by atoms with E-state index in [4.69, 9.17) is 5.73 Å². The number of rotatable bonds is 6. The second-order valence-electron chi connectivity index (χ2n) is 8.07. The lowest BCUT2D eigenvalue weighted by Crippen LogP contribution is -2.49. The summed E-state index contributed by atoms with van der Waals surface area (Å²) in [5.41, 5.74) is 7.55. The highest BCUT2D eigenvalue weighted by Gasteiger charge is 2.51. The molecule has 1 atom stereocenters. The molecule has 31 heavy (non-hydrogen) atoms. The van der Waals surface area contributed by atoms with Gasteiger partial charge in [0, 0.05) is 13.1 Å². The fourth-order valence-electron chi connectivity index (χ4n) is 4.69. The molecule has 0 spiro atoms. The zero-order valence-electron chi connectivity index (χ0n) is 17.4. The minimum absolute atomic E-state index is 0.225. The summed E-state index contributed by atoms with van der Waals surface area (Å²) in [6.07, 6.45) is 0.540. The van der Waals surface area contributed by atoms with Crippen LogP contribution in [-0.2, 0) is 20.2 Å². The molecule has 3 aromatic carbocycles. The molecule has 1 aliphatic rings. The van der Waals surface area contributed by atoms with Crippen LogP contribution in [0.15, 0.2) is 89.8 Å². The maximum atomic E-state index is 13.3. The molecule has 0 aromatic heterocycles. The lowest BCUT2D eigenvalue weighted by molar-refractivity contribution is -0.123. The molecule has 4 rings (SSSR count). The molecule has 0 saturated carbocycles. The summed E-state index contributed by atoms with van der Waals surface area (Å²) >= 11 is 0. The molecule has 6 heteroatoms. The highest BCUT2D eigenvalue weighted by molar-refractivity contribution is 7.89. The molecule has 5 nitrogen and oxygen atoms in total. The first-order valence-corrected chi connectivity index (χ1v) is 11.8. The molecular formula is C25H26N2O3S. The van der Waals surface area contributed by atoms with Crippen molar-refractivity contribution in [1.82, 2.24) is 4.31 Å². The normalized spacial score (nSPS) is 17.5. The Morgan fingerprint density at radius 2 is 1.42 bits per heavy atom. The SMILES string of the molecule is Cc1ccc(S(=O)(=O)N2CC[C@@H](C(C(N)=O)(c3ccccc3)c3ccccc3)C2)cc1. The van der Waals surface area contributed by atoms with Gasteiger partial charge in [-0.25, -0.2) is 8.42 Å². The second kappa shape index (κ2) is 8.29. The van der Waals surface area contributed by atoms with Crippen molar-refractivity contribution in [3.63, 3.8) is 0 Å². The van der Waals surface area contributed by atoms with E-state index in [2.05, 4.69) is 0 Å². The van der Waals surface area contributed by atoms with Crippen LogP contribution in [0.5, 0.6) is 0 Å². The van der Waals surface area contributed by atoms with Gasteiger partial charge < -0.3 is 5.73 Å². The summed E-state index contributed by atoms with van der Waals surface area (Å²) in [4.78, 5) is 13.4. The number of carbonyl (C=O) groups excluding carboxylic acids is 1. The van der Waals surface area contributed by atoms with Gasteiger partial charge in [-0.05, 0) is 42.5 Å². The van der Waals surface area contributed by atoms with Crippen LogP contribution in [0.4, 0.5) is 0 Å². The number of sulfonamides is 1. The zero-order chi connectivity index (χ0) is 22.1. The van der Waals surface area contributed by atoms with E-state index in [1.54, 1.807) is 24.3 Å². The Morgan fingerprint density at radius 1 is 0.903 bits per heavy atom. The highest BCUT2D eigenvalue weighted by Crippen LogP contribution is 2.44. The largest absolute Gasteiger partial charge is 0.369 e. The van der Waals surface area contributed by atoms with Gasteiger partial charge in [-0.15, -0.1) is 0 Å². The van der Waals surface area contributed by atoms with Crippen LogP contribution in [-0.4, -0.2) is 31.7 Å². The van der Waals surface area contributed by atoms with Gasteiger partial charge in [-0.3, -0.25) is 4.79 Å². The Balaban J connectivity index is 1.78. The number of nitrogens with zero attached hydrogens (tertiary/aromatic N) is 1. The molecule has 160 valence electrons. The quantitative estimate of drug-likeness (QED) is 0.645. The van der Waals surface area contributed by atoms with E-state index in [0.29, 0.717) is 13.0 Å². The Morgan fingerprint density at radius 3 is 1.90 bits per heavy atom. The molecule has 0 unspecified atom stereocenters. The molecule has 2 N–H and O–H groups in total. The third-order valence-electron chi connectivity index (χ3n) is 6.27. The van der Waals surface area contributed by atoms with E-state index < -0.39 is 21.3 Å². The summed E-state index contributed by atoms with van der Waals surface area (Å²) < 4.78 is 28.0. The lowest BCUT2D eigenvalue weighted by Gasteiger charge is -2.37. The third-order valence-corrected chi connectivity index (χ3v) is 8.15. The van der Waals surface area contributed by atoms with Crippen LogP contribution < -0.4 is 5.73 Å². The molecule has 0 aliphatic carbocycles. The minimum atomic E-state index is -3.66. The van der Waals surface area contributed by atoms with E-state index in [1.165, 1.54) is 4.31 Å². The number of nitrogens with two attached hydrogens (primary N) is 1. The Labute approximate surface area is 183 Å². The first-order chi connectivity index (χ1) is 14.9. The Bertz CT molecular complexity index is 1120. The van der Waals surface area contributed by atoms with Crippen LogP contribution in [0, 0.1) is 12.8 Å². The maximum Gasteiger partial charge on any atom is 0.243 e. The first kappa shape index (κ1) is 21.3. The van der Waals surface area contributed by atoms with Crippen LogP contribution in [0.2, 0.25) is 0 Å². The van der Waals surface area contributed by atoms with Crippen molar-refractivity contribution in [2.24, 2.45) is 11.7 Å². The summed E-state index contributed by atoms with van der Waals surface area (Å²) in [6.45, 7) is 2.49. The van der Waals surface area contributed by atoms with Crippen molar-refractivity contribution >= 4 is 15.9 Å². The van der Waals surface area contributed by atoms with Gasteiger partial charge in [0.05, 0.1) is 4.90 Å². The van der Waals surface area contributed by atoms with Crippen molar-refractivity contribution in [1.29, 1.82) is 0 Å². The molecule has 1 fully saturated rings. The molecule has 1 saturated heterocycles. The van der Waals surface area contributed by atoms with E-state index in [9.17, 15) is 13.2 Å². The minimum Gasteiger partial charge on any atom is -0.369 e. The summed E-state index contributed by atoms with van der Waals surface area (Å²) in [7, 11) is -3.66. The van der Waals surface area contributed by atoms with Crippen LogP contribution >= 0.6 is 0 Å². The van der Waals surface area contributed by atoms with Gasteiger partial charge >= 0.3 is 0 Å². The summed E-state index contributed by atoms with van der Waals surface area (Å²) in [5, 5.41) is 0. The van der Waals surface area contributed by atoms with Gasteiger partial charge in [0.25, 0.3) is 0 Å². The summed E-state index contributed by atoms with van der Waals surface area (Å²) in [5.74, 6) is -0.750. The van der Waals surface area contributed by atoms with Gasteiger partial charge in [-0.2, -0.15) is 4.31 Å². The van der Waals surface area contributed by atoms with Crippen molar-refractivity contribution in [2.75, 3.05) is 13.1 Å². The van der Waals surface area contributed by atoms with E-state index in [1.807, 2.05) is 67.6 Å². The van der Waals surface area contributed by atoms with Gasteiger partial charge in [0.2, 0.25) is 15.9 Å². The van der Waals surface area contributed by atoms with Gasteiger partial charge in [0.1, 0.15) is 5.41 Å². The van der Waals surface area contributed by atoms with Crippen LogP contribution in [0.3, 0.4) is 0 Å². The predicted octanol–water partition coefficient (Wildman–Crippen LogP) is 3.48. The number of carbonyl (C=O) groups is 1. The molecule has 3 aromatic rings. The van der Waals surface area contributed by atoms with Crippen molar-refractivity contribution in [3.05, 3.63) is 102 Å². The molecule has 1 heterocycles. The fourth-order valence-corrected chi connectivity index (χ4v) is 6.19. The zero-order valence-corrected chi connectivity index (χ0v) is 18.3. The number of benzene rings is 3. The third kappa shape index (κ3) is 3.66. The molecule has 0 radical (unpaired) electrons. The van der Waals surface area contributed by atoms with Crippen molar-refractivity contribution in [3.8, 4) is 0 Å². The van der Waals surface area contributed by atoms with E-state index >= 15 is 0 Å². The smallest absolute Gasteiger partial charge is 0.243 e. The fraction of sp³-hybridized carbons (Fsp3) is 0.240. The second-order valence-corrected chi connectivity index (χ2v) is 10.0. The Kier molecular flexibility index (Phi) is 5.69. The lowest BCUT2D eigenvalue weighted by atomic mass is 9.65. The number of amides is 1. The van der Waals surface area contributed by atoms with E-state index in [-0.39, 0.29) is 17.4 Å². The van der Waals surface area contributed by atoms with Crippen molar-refractivity contribution in [2.45, 2.75) is 23.7 Å². The number of aryl methyl sites for hydroxylation is 1. The molecule has 1 aliphatic heterocycles. The standard InChI is InChI=1S/C25H26N2O3S/c1-19-12-14-23(15-13-19)31(29,30)27-17-16-22(18-27)25(24(26)28,20-8-4-2-5-9-20)21-10-6-3-7-11-21/h2-15,22H,16-18H2,1H3,(H2,26,28)/t22-/m1/s1. The molecule has 0 bridgehead atoms. The van der Waals surface area contributed by atoms with Crippen molar-refractivity contribution < 1.29 is 13.2 Å². The monoisotopic (exact) mass is 434 g/mol.